The number of nitrogens with two attached hydrogens (primary N) is 1. The normalized spacial score (nSPS) is 30.4. The summed E-state index contributed by atoms with van der Waals surface area (Å²) in [6.07, 6.45) is 2.73. The van der Waals surface area contributed by atoms with Crippen LogP contribution in [0.1, 0.15) is 18.4 Å². The Morgan fingerprint density at radius 3 is 2.87 bits per heavy atom. The van der Waals surface area contributed by atoms with E-state index in [1.54, 1.807) is 6.26 Å². The van der Waals surface area contributed by atoms with Crippen LogP contribution < -0.4 is 5.73 Å². The van der Waals surface area contributed by atoms with Gasteiger partial charge in [-0.1, -0.05) is 6.07 Å². The summed E-state index contributed by atoms with van der Waals surface area (Å²) < 4.78 is 5.27. The van der Waals surface area contributed by atoms with Gasteiger partial charge >= 0.3 is 0 Å². The molecule has 0 atom stereocenters. The lowest BCUT2D eigenvalue weighted by Crippen LogP contribution is -2.51. The lowest BCUT2D eigenvalue weighted by atomic mass is 9.70. The third-order valence-corrected chi connectivity index (χ3v) is 3.23. The largest absolute Gasteiger partial charge is 0.464 e. The van der Waals surface area contributed by atoms with Gasteiger partial charge in [0.2, 0.25) is 0 Å². The maximum atomic E-state index is 9.32. The second-order valence-corrected chi connectivity index (χ2v) is 4.39. The molecule has 0 radical (unpaired) electrons. The number of aliphatic hydroxyl groups excluding tert-OH is 1. The van der Waals surface area contributed by atoms with E-state index in [2.05, 4.69) is 0 Å². The predicted octanol–water partition coefficient (Wildman–Crippen LogP) is 1.74. The van der Waals surface area contributed by atoms with E-state index >= 15 is 0 Å². The fourth-order valence-corrected chi connectivity index (χ4v) is 2.29. The minimum absolute atomic E-state index is 0.241. The predicted molar refractivity (Wildman–Crippen MR) is 57.3 cm³/mol. The summed E-state index contributed by atoms with van der Waals surface area (Å²) >= 11 is 0. The quantitative estimate of drug-likeness (QED) is 0.742. The van der Waals surface area contributed by atoms with Crippen molar-refractivity contribution in [2.24, 2.45) is 5.73 Å². The van der Waals surface area contributed by atoms with Crippen LogP contribution in [0.3, 0.4) is 0 Å². The number of furan rings is 1. The summed E-state index contributed by atoms with van der Waals surface area (Å²) in [5, 5.41) is 10.4. The maximum absolute atomic E-state index is 9.32. The minimum atomic E-state index is -0.342. The van der Waals surface area contributed by atoms with E-state index in [4.69, 9.17) is 10.2 Å². The van der Waals surface area contributed by atoms with Gasteiger partial charge in [0.1, 0.15) is 5.58 Å². The fourth-order valence-electron chi connectivity index (χ4n) is 2.29. The maximum Gasteiger partial charge on any atom is 0.133 e. The van der Waals surface area contributed by atoms with Crippen molar-refractivity contribution in [3.8, 4) is 0 Å². The molecular formula is C12H13NO2. The van der Waals surface area contributed by atoms with Gasteiger partial charge in [-0.2, -0.15) is 0 Å². The van der Waals surface area contributed by atoms with E-state index in [0.29, 0.717) is 12.8 Å². The molecule has 1 aromatic heterocycles. The van der Waals surface area contributed by atoms with E-state index in [1.165, 1.54) is 0 Å². The van der Waals surface area contributed by atoms with Crippen molar-refractivity contribution in [3.05, 3.63) is 36.1 Å². The average Bonchev–Trinajstić information content (AvgIpc) is 2.61. The first-order valence-electron chi connectivity index (χ1n) is 5.12. The Bertz CT molecular complexity index is 497. The highest BCUT2D eigenvalue weighted by molar-refractivity contribution is 5.78. The molecule has 0 unspecified atom stereocenters. The van der Waals surface area contributed by atoms with Gasteiger partial charge in [-0.25, -0.2) is 0 Å². The Morgan fingerprint density at radius 1 is 1.33 bits per heavy atom. The van der Waals surface area contributed by atoms with Gasteiger partial charge in [0.15, 0.2) is 0 Å². The number of hydrogen-bond acceptors (Lipinski definition) is 3. The van der Waals surface area contributed by atoms with Crippen LogP contribution in [-0.4, -0.2) is 11.2 Å². The Kier molecular flexibility index (Phi) is 1.69. The van der Waals surface area contributed by atoms with Gasteiger partial charge in [0, 0.05) is 10.9 Å². The Hall–Kier alpha value is -1.32. The number of hydrogen-bond donors (Lipinski definition) is 2. The smallest absolute Gasteiger partial charge is 0.133 e. The topological polar surface area (TPSA) is 59.4 Å². The van der Waals surface area contributed by atoms with Crippen LogP contribution in [0.25, 0.3) is 11.0 Å². The van der Waals surface area contributed by atoms with Crippen molar-refractivity contribution in [1.82, 2.24) is 0 Å². The molecule has 0 saturated heterocycles. The summed E-state index contributed by atoms with van der Waals surface area (Å²) in [7, 11) is 0. The van der Waals surface area contributed by atoms with Crippen LogP contribution in [-0.2, 0) is 5.54 Å². The van der Waals surface area contributed by atoms with E-state index in [9.17, 15) is 5.11 Å². The van der Waals surface area contributed by atoms with Crippen molar-refractivity contribution >= 4 is 11.0 Å². The molecule has 1 fully saturated rings. The highest BCUT2D eigenvalue weighted by atomic mass is 16.3. The molecule has 3 heteroatoms. The molecule has 3 rings (SSSR count). The molecule has 1 heterocycles. The van der Waals surface area contributed by atoms with Gasteiger partial charge in [0.05, 0.1) is 12.4 Å². The van der Waals surface area contributed by atoms with Crippen molar-refractivity contribution in [2.45, 2.75) is 24.5 Å². The fraction of sp³-hybridized carbons (Fsp3) is 0.333. The summed E-state index contributed by atoms with van der Waals surface area (Å²) in [6, 6.07) is 7.89. The number of benzene rings is 1. The second-order valence-electron chi connectivity index (χ2n) is 4.39. The van der Waals surface area contributed by atoms with Crippen molar-refractivity contribution in [1.29, 1.82) is 0 Å². The van der Waals surface area contributed by atoms with E-state index in [-0.39, 0.29) is 11.6 Å². The van der Waals surface area contributed by atoms with Crippen molar-refractivity contribution in [2.75, 3.05) is 0 Å². The van der Waals surface area contributed by atoms with Gasteiger partial charge in [-0.15, -0.1) is 0 Å². The first-order valence-corrected chi connectivity index (χ1v) is 5.12. The zero-order valence-corrected chi connectivity index (χ0v) is 8.31. The molecule has 1 aromatic carbocycles. The average molecular weight is 203 g/mol. The molecule has 15 heavy (non-hydrogen) atoms. The summed E-state index contributed by atoms with van der Waals surface area (Å²) in [5.74, 6) is 0. The molecule has 78 valence electrons. The van der Waals surface area contributed by atoms with Crippen LogP contribution in [0, 0.1) is 0 Å². The minimum Gasteiger partial charge on any atom is -0.464 e. The van der Waals surface area contributed by atoms with E-state index in [1.807, 2.05) is 24.3 Å². The molecule has 0 aliphatic heterocycles. The SMILES string of the molecule is NC1(c2ccc3occc3c2)CC(O)C1. The van der Waals surface area contributed by atoms with Gasteiger partial charge in [0.25, 0.3) is 0 Å². The second kappa shape index (κ2) is 2.84. The number of fused-ring (bicyclic) bond motifs is 1. The van der Waals surface area contributed by atoms with Crippen LogP contribution >= 0.6 is 0 Å². The Labute approximate surface area is 87.5 Å². The Balaban J connectivity index is 2.04. The summed E-state index contributed by atoms with van der Waals surface area (Å²) in [5.41, 5.74) is 7.80. The van der Waals surface area contributed by atoms with Crippen LogP contribution in [0.2, 0.25) is 0 Å². The lowest BCUT2D eigenvalue weighted by Gasteiger charge is -2.42. The molecule has 1 aliphatic carbocycles. The molecule has 3 nitrogen and oxygen atoms in total. The number of rotatable bonds is 1. The molecule has 3 N–H and O–H groups in total. The lowest BCUT2D eigenvalue weighted by molar-refractivity contribution is 0.0210. The highest BCUT2D eigenvalue weighted by Crippen LogP contribution is 2.39. The van der Waals surface area contributed by atoms with Crippen LogP contribution in [0.4, 0.5) is 0 Å². The number of aliphatic hydroxyl groups is 1. The molecule has 0 bridgehead atoms. The molecule has 0 amide bonds. The van der Waals surface area contributed by atoms with Crippen LogP contribution in [0.5, 0.6) is 0 Å². The van der Waals surface area contributed by atoms with E-state index in [0.717, 1.165) is 16.5 Å². The molecule has 1 aliphatic rings. The standard InChI is InChI=1S/C12H13NO2/c13-12(6-10(14)7-12)9-1-2-11-8(5-9)3-4-15-11/h1-5,10,14H,6-7,13H2. The molecule has 2 aromatic rings. The molecule has 0 spiro atoms. The third kappa shape index (κ3) is 1.28. The monoisotopic (exact) mass is 203 g/mol. The van der Waals surface area contributed by atoms with Gasteiger partial charge in [-0.05, 0) is 36.6 Å². The molecular weight excluding hydrogens is 190 g/mol. The van der Waals surface area contributed by atoms with Gasteiger partial charge in [-0.3, -0.25) is 0 Å². The van der Waals surface area contributed by atoms with Crippen molar-refractivity contribution < 1.29 is 9.52 Å². The summed E-state index contributed by atoms with van der Waals surface area (Å²) in [4.78, 5) is 0. The third-order valence-electron chi connectivity index (χ3n) is 3.23. The highest BCUT2D eigenvalue weighted by Gasteiger charge is 2.41. The zero-order chi connectivity index (χ0) is 10.5. The van der Waals surface area contributed by atoms with Crippen LogP contribution in [0.15, 0.2) is 34.9 Å². The Morgan fingerprint density at radius 2 is 2.13 bits per heavy atom. The zero-order valence-electron chi connectivity index (χ0n) is 8.31. The first kappa shape index (κ1) is 8.95. The van der Waals surface area contributed by atoms with E-state index < -0.39 is 0 Å². The summed E-state index contributed by atoms with van der Waals surface area (Å²) in [6.45, 7) is 0. The first-order chi connectivity index (χ1) is 7.17. The molecule has 1 saturated carbocycles. The van der Waals surface area contributed by atoms with Gasteiger partial charge < -0.3 is 15.3 Å². The van der Waals surface area contributed by atoms with Crippen molar-refractivity contribution in [3.63, 3.8) is 0 Å².